The third kappa shape index (κ3) is 5.80. The van der Waals surface area contributed by atoms with Gasteiger partial charge >= 0.3 is 5.97 Å². The van der Waals surface area contributed by atoms with E-state index in [4.69, 9.17) is 18.9 Å². The van der Waals surface area contributed by atoms with Crippen LogP contribution in [0.1, 0.15) is 25.7 Å². The molecule has 0 aliphatic heterocycles. The van der Waals surface area contributed by atoms with E-state index in [0.717, 1.165) is 25.7 Å². The SMILES string of the molecule is COCCOCCOC1CCC(C(=O)OC)CC1. The Labute approximate surface area is 109 Å². The molecule has 106 valence electrons. The van der Waals surface area contributed by atoms with Crippen molar-refractivity contribution in [2.24, 2.45) is 5.92 Å². The third-order valence-electron chi connectivity index (χ3n) is 3.22. The summed E-state index contributed by atoms with van der Waals surface area (Å²) in [5.74, 6) is -0.0239. The van der Waals surface area contributed by atoms with Crippen molar-refractivity contribution in [3.8, 4) is 0 Å². The van der Waals surface area contributed by atoms with Crippen LogP contribution in [0.15, 0.2) is 0 Å². The van der Waals surface area contributed by atoms with Gasteiger partial charge in [-0.2, -0.15) is 0 Å². The Balaban J connectivity index is 2.00. The van der Waals surface area contributed by atoms with E-state index in [1.54, 1.807) is 7.11 Å². The highest BCUT2D eigenvalue weighted by molar-refractivity contribution is 5.72. The molecule has 0 heterocycles. The minimum absolute atomic E-state index is 0.0628. The van der Waals surface area contributed by atoms with Gasteiger partial charge in [0, 0.05) is 7.11 Å². The van der Waals surface area contributed by atoms with Crippen molar-refractivity contribution in [3.63, 3.8) is 0 Å². The number of hydrogen-bond acceptors (Lipinski definition) is 5. The van der Waals surface area contributed by atoms with Gasteiger partial charge < -0.3 is 18.9 Å². The zero-order valence-electron chi connectivity index (χ0n) is 11.4. The lowest BCUT2D eigenvalue weighted by Gasteiger charge is -2.26. The second-order valence-electron chi connectivity index (χ2n) is 4.47. The maximum Gasteiger partial charge on any atom is 0.308 e. The van der Waals surface area contributed by atoms with Crippen molar-refractivity contribution >= 4 is 5.97 Å². The third-order valence-corrected chi connectivity index (χ3v) is 3.22. The fourth-order valence-electron chi connectivity index (χ4n) is 2.15. The first-order valence-corrected chi connectivity index (χ1v) is 6.54. The average Bonchev–Trinajstić information content (AvgIpc) is 2.42. The molecule has 5 nitrogen and oxygen atoms in total. The van der Waals surface area contributed by atoms with E-state index in [1.807, 2.05) is 0 Å². The summed E-state index contributed by atoms with van der Waals surface area (Å²) < 4.78 is 20.6. The van der Waals surface area contributed by atoms with Gasteiger partial charge in [0.25, 0.3) is 0 Å². The summed E-state index contributed by atoms with van der Waals surface area (Å²) in [6, 6.07) is 0. The van der Waals surface area contributed by atoms with Crippen LogP contribution >= 0.6 is 0 Å². The van der Waals surface area contributed by atoms with Crippen LogP contribution in [-0.4, -0.2) is 52.7 Å². The smallest absolute Gasteiger partial charge is 0.308 e. The molecule has 18 heavy (non-hydrogen) atoms. The molecule has 0 atom stereocenters. The fraction of sp³-hybridized carbons (Fsp3) is 0.923. The standard InChI is InChI=1S/C13H24O5/c1-15-7-8-17-9-10-18-12-5-3-11(4-6-12)13(14)16-2/h11-12H,3-10H2,1-2H3. The van der Waals surface area contributed by atoms with Gasteiger partial charge in [-0.05, 0) is 25.7 Å². The summed E-state index contributed by atoms with van der Waals surface area (Å²) in [6.45, 7) is 2.43. The lowest BCUT2D eigenvalue weighted by atomic mass is 9.87. The molecule has 0 spiro atoms. The predicted octanol–water partition coefficient (Wildman–Crippen LogP) is 1.40. The highest BCUT2D eigenvalue weighted by Gasteiger charge is 2.26. The number of hydrogen-bond donors (Lipinski definition) is 0. The first kappa shape index (κ1) is 15.4. The zero-order chi connectivity index (χ0) is 13.2. The van der Waals surface area contributed by atoms with Crippen molar-refractivity contribution in [3.05, 3.63) is 0 Å². The van der Waals surface area contributed by atoms with Crippen molar-refractivity contribution < 1.29 is 23.7 Å². The molecule has 1 aliphatic rings. The number of rotatable bonds is 8. The Morgan fingerprint density at radius 3 is 2.28 bits per heavy atom. The quantitative estimate of drug-likeness (QED) is 0.488. The summed E-state index contributed by atoms with van der Waals surface area (Å²) in [4.78, 5) is 11.3. The van der Waals surface area contributed by atoms with Gasteiger partial charge in [0.2, 0.25) is 0 Å². The van der Waals surface area contributed by atoms with E-state index in [1.165, 1.54) is 7.11 Å². The van der Waals surface area contributed by atoms with E-state index >= 15 is 0 Å². The maximum absolute atomic E-state index is 11.3. The number of carbonyl (C=O) groups excluding carboxylic acids is 1. The van der Waals surface area contributed by atoms with Crippen LogP contribution in [0.25, 0.3) is 0 Å². The van der Waals surface area contributed by atoms with Gasteiger partial charge in [0.05, 0.1) is 45.6 Å². The highest BCUT2D eigenvalue weighted by Crippen LogP contribution is 2.26. The molecule has 0 unspecified atom stereocenters. The summed E-state index contributed by atoms with van der Waals surface area (Å²) in [5.41, 5.74) is 0. The second-order valence-corrected chi connectivity index (χ2v) is 4.47. The van der Waals surface area contributed by atoms with Crippen molar-refractivity contribution in [2.45, 2.75) is 31.8 Å². The van der Waals surface area contributed by atoms with E-state index < -0.39 is 0 Å². The van der Waals surface area contributed by atoms with Crippen molar-refractivity contribution in [1.82, 2.24) is 0 Å². The largest absolute Gasteiger partial charge is 0.469 e. The predicted molar refractivity (Wildman–Crippen MR) is 66.4 cm³/mol. The van der Waals surface area contributed by atoms with Crippen LogP contribution in [0, 0.1) is 5.92 Å². The van der Waals surface area contributed by atoms with Gasteiger partial charge in [-0.15, -0.1) is 0 Å². The molecule has 1 aliphatic carbocycles. The normalized spacial score (nSPS) is 23.9. The van der Waals surface area contributed by atoms with Crippen LogP contribution < -0.4 is 0 Å². The van der Waals surface area contributed by atoms with E-state index in [2.05, 4.69) is 0 Å². The molecule has 0 N–H and O–H groups in total. The molecule has 0 bridgehead atoms. The van der Waals surface area contributed by atoms with Crippen LogP contribution in [0.5, 0.6) is 0 Å². The first-order valence-electron chi connectivity index (χ1n) is 6.54. The Hall–Kier alpha value is -0.650. The molecule has 1 rings (SSSR count). The van der Waals surface area contributed by atoms with Crippen LogP contribution in [0.2, 0.25) is 0 Å². The van der Waals surface area contributed by atoms with Crippen LogP contribution in [0.4, 0.5) is 0 Å². The highest BCUT2D eigenvalue weighted by atomic mass is 16.5. The van der Waals surface area contributed by atoms with Gasteiger partial charge in [-0.3, -0.25) is 4.79 Å². The van der Waals surface area contributed by atoms with Crippen LogP contribution in [0.3, 0.4) is 0 Å². The summed E-state index contributed by atoms with van der Waals surface area (Å²) in [5, 5.41) is 0. The molecule has 0 radical (unpaired) electrons. The van der Waals surface area contributed by atoms with Gasteiger partial charge in [-0.1, -0.05) is 0 Å². The molecule has 0 saturated heterocycles. The van der Waals surface area contributed by atoms with Crippen molar-refractivity contribution in [2.75, 3.05) is 40.6 Å². The van der Waals surface area contributed by atoms with E-state index in [-0.39, 0.29) is 18.0 Å². The average molecular weight is 260 g/mol. The fourth-order valence-corrected chi connectivity index (χ4v) is 2.15. The Kier molecular flexibility index (Phi) is 7.96. The summed E-state index contributed by atoms with van der Waals surface area (Å²) in [6.07, 6.45) is 3.84. The number of ether oxygens (including phenoxy) is 4. The van der Waals surface area contributed by atoms with Gasteiger partial charge in [-0.25, -0.2) is 0 Å². The molecule has 1 fully saturated rings. The minimum Gasteiger partial charge on any atom is -0.469 e. The Morgan fingerprint density at radius 1 is 1.00 bits per heavy atom. The van der Waals surface area contributed by atoms with Crippen molar-refractivity contribution in [1.29, 1.82) is 0 Å². The number of carbonyl (C=O) groups is 1. The molecule has 0 aromatic rings. The Morgan fingerprint density at radius 2 is 1.67 bits per heavy atom. The van der Waals surface area contributed by atoms with E-state index in [0.29, 0.717) is 26.4 Å². The van der Waals surface area contributed by atoms with Gasteiger partial charge in [0.1, 0.15) is 0 Å². The molecule has 5 heteroatoms. The number of methoxy groups -OCH3 is 2. The van der Waals surface area contributed by atoms with E-state index in [9.17, 15) is 4.79 Å². The molecule has 0 amide bonds. The lowest BCUT2D eigenvalue weighted by Crippen LogP contribution is -2.27. The van der Waals surface area contributed by atoms with Crippen LogP contribution in [-0.2, 0) is 23.7 Å². The monoisotopic (exact) mass is 260 g/mol. The Bertz CT molecular complexity index is 223. The maximum atomic E-state index is 11.3. The van der Waals surface area contributed by atoms with Gasteiger partial charge in [0.15, 0.2) is 0 Å². The first-order chi connectivity index (χ1) is 8.77. The second kappa shape index (κ2) is 9.30. The topological polar surface area (TPSA) is 54.0 Å². The summed E-state index contributed by atoms with van der Waals surface area (Å²) >= 11 is 0. The number of esters is 1. The summed E-state index contributed by atoms with van der Waals surface area (Å²) in [7, 11) is 3.10. The molecular weight excluding hydrogens is 236 g/mol. The molecule has 0 aromatic heterocycles. The zero-order valence-corrected chi connectivity index (χ0v) is 11.4. The molecule has 0 aromatic carbocycles. The minimum atomic E-state index is -0.0867. The molecular formula is C13H24O5. The lowest BCUT2D eigenvalue weighted by molar-refractivity contribution is -0.147. The molecule has 1 saturated carbocycles.